The van der Waals surface area contributed by atoms with E-state index in [1.165, 1.54) is 5.56 Å². The Morgan fingerprint density at radius 1 is 0.833 bits per heavy atom. The number of benzene rings is 3. The van der Waals surface area contributed by atoms with Crippen molar-refractivity contribution in [3.63, 3.8) is 0 Å². The fourth-order valence-corrected chi connectivity index (χ4v) is 4.11. The van der Waals surface area contributed by atoms with E-state index in [2.05, 4.69) is 41.3 Å². The highest BCUT2D eigenvalue weighted by atomic mass is 16.5. The van der Waals surface area contributed by atoms with Gasteiger partial charge in [0.1, 0.15) is 5.75 Å². The predicted octanol–water partition coefficient (Wildman–Crippen LogP) is 4.17. The van der Waals surface area contributed by atoms with E-state index in [0.29, 0.717) is 0 Å². The molecular weight excluding hydrogens is 372 g/mol. The van der Waals surface area contributed by atoms with E-state index in [9.17, 15) is 4.79 Å². The minimum Gasteiger partial charge on any atom is -0.497 e. The van der Waals surface area contributed by atoms with Crippen LogP contribution in [-0.2, 0) is 11.3 Å². The lowest BCUT2D eigenvalue weighted by molar-refractivity contribution is -0.133. The molecule has 1 heterocycles. The van der Waals surface area contributed by atoms with Gasteiger partial charge in [-0.1, -0.05) is 72.8 Å². The van der Waals surface area contributed by atoms with Crippen molar-refractivity contribution in [2.75, 3.05) is 33.3 Å². The third-order valence-electron chi connectivity index (χ3n) is 5.74. The van der Waals surface area contributed by atoms with Crippen molar-refractivity contribution in [2.24, 2.45) is 0 Å². The van der Waals surface area contributed by atoms with Crippen LogP contribution < -0.4 is 4.74 Å². The van der Waals surface area contributed by atoms with Crippen LogP contribution in [0.4, 0.5) is 0 Å². The lowest BCUT2D eigenvalue weighted by Crippen LogP contribution is -2.49. The summed E-state index contributed by atoms with van der Waals surface area (Å²) in [6, 6.07) is 28.4. The van der Waals surface area contributed by atoms with E-state index in [1.54, 1.807) is 7.11 Å². The second-order valence-electron chi connectivity index (χ2n) is 7.71. The molecule has 0 aromatic heterocycles. The lowest BCUT2D eigenvalue weighted by atomic mass is 9.90. The number of hydrogen-bond donors (Lipinski definition) is 0. The second kappa shape index (κ2) is 9.59. The Labute approximate surface area is 178 Å². The van der Waals surface area contributed by atoms with Gasteiger partial charge in [-0.15, -0.1) is 0 Å². The number of hydrogen-bond acceptors (Lipinski definition) is 3. The first-order valence-electron chi connectivity index (χ1n) is 10.5. The summed E-state index contributed by atoms with van der Waals surface area (Å²) in [6.45, 7) is 4.12. The van der Waals surface area contributed by atoms with Crippen molar-refractivity contribution in [2.45, 2.75) is 12.5 Å². The van der Waals surface area contributed by atoms with Gasteiger partial charge in [0.15, 0.2) is 0 Å². The molecule has 1 fully saturated rings. The highest BCUT2D eigenvalue weighted by Crippen LogP contribution is 2.27. The second-order valence-corrected chi connectivity index (χ2v) is 7.71. The number of piperazine rings is 1. The van der Waals surface area contributed by atoms with Gasteiger partial charge in [0.05, 0.1) is 13.0 Å². The minimum absolute atomic E-state index is 0.188. The average molecular weight is 401 g/mol. The van der Waals surface area contributed by atoms with Crippen LogP contribution >= 0.6 is 0 Å². The monoisotopic (exact) mass is 400 g/mol. The molecule has 4 heteroatoms. The average Bonchev–Trinajstić information content (AvgIpc) is 2.81. The van der Waals surface area contributed by atoms with E-state index in [-0.39, 0.29) is 11.8 Å². The van der Waals surface area contributed by atoms with Gasteiger partial charge in [-0.25, -0.2) is 0 Å². The van der Waals surface area contributed by atoms with Gasteiger partial charge in [-0.3, -0.25) is 9.69 Å². The van der Waals surface area contributed by atoms with Gasteiger partial charge in [0, 0.05) is 32.7 Å². The maximum absolute atomic E-state index is 13.5. The van der Waals surface area contributed by atoms with Crippen molar-refractivity contribution >= 4 is 5.91 Å². The SMILES string of the molecule is COc1cccc(CN2CCN(C(=O)C(c3ccccc3)c3ccccc3)CC2)c1. The number of carbonyl (C=O) groups is 1. The summed E-state index contributed by atoms with van der Waals surface area (Å²) in [5.41, 5.74) is 3.33. The fourth-order valence-electron chi connectivity index (χ4n) is 4.11. The summed E-state index contributed by atoms with van der Waals surface area (Å²) in [5, 5.41) is 0. The lowest BCUT2D eigenvalue weighted by Gasteiger charge is -2.36. The maximum atomic E-state index is 13.5. The van der Waals surface area contributed by atoms with Gasteiger partial charge < -0.3 is 9.64 Å². The summed E-state index contributed by atoms with van der Waals surface area (Å²) in [7, 11) is 1.69. The number of nitrogens with zero attached hydrogens (tertiary/aromatic N) is 2. The highest BCUT2D eigenvalue weighted by molar-refractivity contribution is 5.87. The Hall–Kier alpha value is -3.11. The maximum Gasteiger partial charge on any atom is 0.234 e. The third kappa shape index (κ3) is 4.71. The van der Waals surface area contributed by atoms with Crippen LogP contribution in [0, 0.1) is 0 Å². The molecule has 0 saturated carbocycles. The van der Waals surface area contributed by atoms with Crippen LogP contribution in [0.3, 0.4) is 0 Å². The normalized spacial score (nSPS) is 14.7. The summed E-state index contributed by atoms with van der Waals surface area (Å²) in [4.78, 5) is 18.0. The number of amides is 1. The summed E-state index contributed by atoms with van der Waals surface area (Å²) in [6.07, 6.45) is 0. The molecule has 4 rings (SSSR count). The van der Waals surface area contributed by atoms with E-state index >= 15 is 0 Å². The van der Waals surface area contributed by atoms with Crippen LogP contribution in [0.15, 0.2) is 84.9 Å². The quantitative estimate of drug-likeness (QED) is 0.623. The Kier molecular flexibility index (Phi) is 6.45. The first kappa shape index (κ1) is 20.2. The van der Waals surface area contributed by atoms with Crippen LogP contribution in [0.25, 0.3) is 0 Å². The highest BCUT2D eigenvalue weighted by Gasteiger charge is 2.29. The van der Waals surface area contributed by atoms with Crippen molar-refractivity contribution < 1.29 is 9.53 Å². The molecule has 0 atom stereocenters. The molecule has 0 aliphatic carbocycles. The zero-order valence-electron chi connectivity index (χ0n) is 17.4. The van der Waals surface area contributed by atoms with E-state index in [4.69, 9.17) is 4.74 Å². The molecule has 154 valence electrons. The molecule has 30 heavy (non-hydrogen) atoms. The van der Waals surface area contributed by atoms with Crippen LogP contribution in [0.5, 0.6) is 5.75 Å². The van der Waals surface area contributed by atoms with Crippen molar-refractivity contribution in [1.29, 1.82) is 0 Å². The number of ether oxygens (including phenoxy) is 1. The van der Waals surface area contributed by atoms with Gasteiger partial charge in [0.2, 0.25) is 5.91 Å². The van der Waals surface area contributed by atoms with E-state index in [1.807, 2.05) is 53.4 Å². The largest absolute Gasteiger partial charge is 0.497 e. The molecule has 1 aliphatic heterocycles. The topological polar surface area (TPSA) is 32.8 Å². The Balaban J connectivity index is 1.44. The zero-order valence-corrected chi connectivity index (χ0v) is 17.4. The van der Waals surface area contributed by atoms with Crippen molar-refractivity contribution in [1.82, 2.24) is 9.80 Å². The van der Waals surface area contributed by atoms with Crippen LogP contribution in [0.2, 0.25) is 0 Å². The molecule has 0 radical (unpaired) electrons. The molecule has 0 N–H and O–H groups in total. The van der Waals surface area contributed by atoms with E-state index in [0.717, 1.165) is 49.6 Å². The predicted molar refractivity (Wildman–Crippen MR) is 120 cm³/mol. The zero-order chi connectivity index (χ0) is 20.8. The molecule has 1 aliphatic rings. The standard InChI is InChI=1S/C26H28N2O2/c1-30-24-14-8-9-21(19-24)20-27-15-17-28(18-16-27)26(29)25(22-10-4-2-5-11-22)23-12-6-3-7-13-23/h2-14,19,25H,15-18,20H2,1H3. The van der Waals surface area contributed by atoms with Gasteiger partial charge >= 0.3 is 0 Å². The summed E-state index contributed by atoms with van der Waals surface area (Å²) < 4.78 is 5.33. The fraction of sp³-hybridized carbons (Fsp3) is 0.269. The van der Waals surface area contributed by atoms with E-state index < -0.39 is 0 Å². The van der Waals surface area contributed by atoms with Crippen molar-refractivity contribution in [3.8, 4) is 5.75 Å². The molecule has 0 unspecified atom stereocenters. The summed E-state index contributed by atoms with van der Waals surface area (Å²) >= 11 is 0. The molecule has 1 amide bonds. The first-order chi connectivity index (χ1) is 14.7. The third-order valence-corrected chi connectivity index (χ3v) is 5.74. The van der Waals surface area contributed by atoms with Crippen LogP contribution in [0.1, 0.15) is 22.6 Å². The Morgan fingerprint density at radius 3 is 2.00 bits per heavy atom. The first-order valence-corrected chi connectivity index (χ1v) is 10.5. The smallest absolute Gasteiger partial charge is 0.234 e. The Bertz CT molecular complexity index is 912. The van der Waals surface area contributed by atoms with Crippen LogP contribution in [-0.4, -0.2) is 49.0 Å². The summed E-state index contributed by atoms with van der Waals surface area (Å²) in [5.74, 6) is 0.820. The minimum atomic E-state index is -0.252. The Morgan fingerprint density at radius 2 is 1.43 bits per heavy atom. The number of carbonyl (C=O) groups excluding carboxylic acids is 1. The van der Waals surface area contributed by atoms with Gasteiger partial charge in [-0.2, -0.15) is 0 Å². The number of methoxy groups -OCH3 is 1. The number of rotatable bonds is 6. The van der Waals surface area contributed by atoms with Gasteiger partial charge in [-0.05, 0) is 28.8 Å². The molecule has 3 aromatic rings. The molecule has 0 spiro atoms. The van der Waals surface area contributed by atoms with Gasteiger partial charge in [0.25, 0.3) is 0 Å². The van der Waals surface area contributed by atoms with Crippen molar-refractivity contribution in [3.05, 3.63) is 102 Å². The molecule has 4 nitrogen and oxygen atoms in total. The molecule has 0 bridgehead atoms. The molecular formula is C26H28N2O2. The molecule has 3 aromatic carbocycles. The molecule has 1 saturated heterocycles.